The van der Waals surface area contributed by atoms with Crippen LogP contribution in [0.3, 0.4) is 0 Å². The first-order valence-electron chi connectivity index (χ1n) is 6.17. The Morgan fingerprint density at radius 2 is 2.05 bits per heavy atom. The third kappa shape index (κ3) is 2.97. The van der Waals surface area contributed by atoms with Crippen LogP contribution in [-0.4, -0.2) is 16.6 Å². The van der Waals surface area contributed by atoms with Crippen LogP contribution in [0, 0.1) is 17.0 Å². The number of nitrogens with one attached hydrogen (secondary N) is 1. The van der Waals surface area contributed by atoms with Crippen LogP contribution in [0.2, 0.25) is 0 Å². The van der Waals surface area contributed by atoms with E-state index in [2.05, 4.69) is 5.32 Å². The molecule has 1 unspecified atom stereocenters. The molecular formula is C14H16N2O4. The van der Waals surface area contributed by atoms with Gasteiger partial charge in [0.2, 0.25) is 0 Å². The van der Waals surface area contributed by atoms with Gasteiger partial charge in [-0.1, -0.05) is 12.1 Å². The van der Waals surface area contributed by atoms with E-state index in [4.69, 9.17) is 4.42 Å². The lowest BCUT2D eigenvalue weighted by Gasteiger charge is -2.21. The van der Waals surface area contributed by atoms with Gasteiger partial charge in [-0.15, -0.1) is 0 Å². The lowest BCUT2D eigenvalue weighted by Crippen LogP contribution is -2.30. The number of nitro groups is 1. The molecular weight excluding hydrogens is 260 g/mol. The molecule has 106 valence electrons. The number of benzene rings is 1. The number of rotatable bonds is 5. The number of anilines is 1. The second kappa shape index (κ2) is 5.34. The molecule has 0 aliphatic rings. The van der Waals surface area contributed by atoms with Crippen molar-refractivity contribution in [3.05, 3.63) is 58.0 Å². The predicted molar refractivity (Wildman–Crippen MR) is 74.6 cm³/mol. The summed E-state index contributed by atoms with van der Waals surface area (Å²) >= 11 is 0. The van der Waals surface area contributed by atoms with Gasteiger partial charge >= 0.3 is 0 Å². The van der Waals surface area contributed by atoms with Crippen LogP contribution in [0.4, 0.5) is 11.4 Å². The highest BCUT2D eigenvalue weighted by Crippen LogP contribution is 2.27. The SMILES string of the molecule is Cc1ccc(C(C)(O)CNc2ccccc2[N+](=O)[O-])o1. The van der Waals surface area contributed by atoms with Gasteiger partial charge in [0.25, 0.3) is 5.69 Å². The topological polar surface area (TPSA) is 88.5 Å². The Balaban J connectivity index is 2.14. The highest BCUT2D eigenvalue weighted by Gasteiger charge is 2.27. The first kappa shape index (κ1) is 14.1. The van der Waals surface area contributed by atoms with Crippen LogP contribution in [0.15, 0.2) is 40.8 Å². The van der Waals surface area contributed by atoms with Crippen molar-refractivity contribution >= 4 is 11.4 Å². The number of aliphatic hydroxyl groups is 1. The Hall–Kier alpha value is -2.34. The van der Waals surface area contributed by atoms with Gasteiger partial charge in [0.15, 0.2) is 0 Å². The average molecular weight is 276 g/mol. The number of nitrogens with zero attached hydrogens (tertiary/aromatic N) is 1. The molecule has 2 N–H and O–H groups in total. The molecule has 0 aliphatic heterocycles. The fourth-order valence-electron chi connectivity index (χ4n) is 1.86. The molecule has 0 saturated carbocycles. The zero-order valence-corrected chi connectivity index (χ0v) is 11.3. The van der Waals surface area contributed by atoms with Gasteiger partial charge in [-0.2, -0.15) is 0 Å². The number of hydrogen-bond acceptors (Lipinski definition) is 5. The molecule has 1 atom stereocenters. The van der Waals surface area contributed by atoms with Gasteiger partial charge in [-0.3, -0.25) is 10.1 Å². The van der Waals surface area contributed by atoms with E-state index in [0.717, 1.165) is 0 Å². The summed E-state index contributed by atoms with van der Waals surface area (Å²) in [5.41, 5.74) is -0.919. The van der Waals surface area contributed by atoms with E-state index in [9.17, 15) is 15.2 Å². The molecule has 1 aromatic carbocycles. The van der Waals surface area contributed by atoms with Gasteiger partial charge < -0.3 is 14.8 Å². The molecule has 0 radical (unpaired) electrons. The second-order valence-electron chi connectivity index (χ2n) is 4.81. The molecule has 0 spiro atoms. The highest BCUT2D eigenvalue weighted by molar-refractivity contribution is 5.61. The first-order valence-corrected chi connectivity index (χ1v) is 6.17. The Bertz CT molecular complexity index is 619. The number of hydrogen-bond donors (Lipinski definition) is 2. The average Bonchev–Trinajstić information content (AvgIpc) is 2.84. The summed E-state index contributed by atoms with van der Waals surface area (Å²) in [6, 6.07) is 9.75. The van der Waals surface area contributed by atoms with Crippen molar-refractivity contribution in [1.82, 2.24) is 0 Å². The summed E-state index contributed by atoms with van der Waals surface area (Å²) in [6.07, 6.45) is 0. The van der Waals surface area contributed by atoms with E-state index >= 15 is 0 Å². The third-order valence-electron chi connectivity index (χ3n) is 2.99. The molecule has 1 heterocycles. The molecule has 1 aromatic heterocycles. The maximum absolute atomic E-state index is 10.9. The Morgan fingerprint density at radius 1 is 1.35 bits per heavy atom. The fraction of sp³-hybridized carbons (Fsp3) is 0.286. The first-order chi connectivity index (χ1) is 9.40. The summed E-state index contributed by atoms with van der Waals surface area (Å²) in [5.74, 6) is 1.12. The normalized spacial score (nSPS) is 13.8. The second-order valence-corrected chi connectivity index (χ2v) is 4.81. The van der Waals surface area contributed by atoms with Crippen molar-refractivity contribution in [2.75, 3.05) is 11.9 Å². The van der Waals surface area contributed by atoms with Crippen molar-refractivity contribution in [3.8, 4) is 0 Å². The summed E-state index contributed by atoms with van der Waals surface area (Å²) in [5, 5.41) is 24.2. The van der Waals surface area contributed by atoms with Crippen molar-refractivity contribution in [2.45, 2.75) is 19.4 Å². The summed E-state index contributed by atoms with van der Waals surface area (Å²) in [6.45, 7) is 3.48. The van der Waals surface area contributed by atoms with Crippen molar-refractivity contribution < 1.29 is 14.4 Å². The minimum absolute atomic E-state index is 0.0288. The molecule has 6 heteroatoms. The molecule has 0 bridgehead atoms. The lowest BCUT2D eigenvalue weighted by molar-refractivity contribution is -0.384. The molecule has 6 nitrogen and oxygen atoms in total. The van der Waals surface area contributed by atoms with Crippen LogP contribution < -0.4 is 5.32 Å². The highest BCUT2D eigenvalue weighted by atomic mass is 16.6. The molecule has 2 rings (SSSR count). The number of nitro benzene ring substituents is 1. The molecule has 0 fully saturated rings. The summed E-state index contributed by atoms with van der Waals surface area (Å²) in [7, 11) is 0. The maximum Gasteiger partial charge on any atom is 0.292 e. The van der Waals surface area contributed by atoms with Crippen LogP contribution in [0.25, 0.3) is 0 Å². The minimum Gasteiger partial charge on any atom is -0.463 e. The molecule has 0 aliphatic carbocycles. The molecule has 2 aromatic rings. The van der Waals surface area contributed by atoms with Crippen LogP contribution >= 0.6 is 0 Å². The van der Waals surface area contributed by atoms with Crippen LogP contribution in [-0.2, 0) is 5.60 Å². The number of aryl methyl sites for hydroxylation is 1. The molecule has 20 heavy (non-hydrogen) atoms. The van der Waals surface area contributed by atoms with Gasteiger partial charge in [0.05, 0.1) is 11.5 Å². The summed E-state index contributed by atoms with van der Waals surface area (Å²) < 4.78 is 5.39. The largest absolute Gasteiger partial charge is 0.463 e. The fourth-order valence-corrected chi connectivity index (χ4v) is 1.86. The Morgan fingerprint density at radius 3 is 2.65 bits per heavy atom. The predicted octanol–water partition coefficient (Wildman–Crippen LogP) is 2.82. The smallest absolute Gasteiger partial charge is 0.292 e. The zero-order chi connectivity index (χ0) is 14.8. The molecule has 0 amide bonds. The quantitative estimate of drug-likeness (QED) is 0.647. The maximum atomic E-state index is 10.9. The third-order valence-corrected chi connectivity index (χ3v) is 2.99. The van der Waals surface area contributed by atoms with Gasteiger partial charge in [-0.25, -0.2) is 0 Å². The number of para-hydroxylation sites is 2. The monoisotopic (exact) mass is 276 g/mol. The van der Waals surface area contributed by atoms with Crippen LogP contribution in [0.5, 0.6) is 0 Å². The van der Waals surface area contributed by atoms with Crippen molar-refractivity contribution in [1.29, 1.82) is 0 Å². The number of furan rings is 1. The Kier molecular flexibility index (Phi) is 3.76. The summed E-state index contributed by atoms with van der Waals surface area (Å²) in [4.78, 5) is 10.4. The van der Waals surface area contributed by atoms with E-state index < -0.39 is 10.5 Å². The van der Waals surface area contributed by atoms with E-state index in [-0.39, 0.29) is 12.2 Å². The minimum atomic E-state index is -1.25. The molecule has 0 saturated heterocycles. The Labute approximate surface area is 116 Å². The van der Waals surface area contributed by atoms with Crippen molar-refractivity contribution in [3.63, 3.8) is 0 Å². The van der Waals surface area contributed by atoms with Gasteiger partial charge in [-0.05, 0) is 32.0 Å². The lowest BCUT2D eigenvalue weighted by atomic mass is 10.0. The van der Waals surface area contributed by atoms with E-state index in [1.807, 2.05) is 0 Å². The van der Waals surface area contributed by atoms with Gasteiger partial charge in [0.1, 0.15) is 22.8 Å². The van der Waals surface area contributed by atoms with Crippen molar-refractivity contribution in [2.24, 2.45) is 0 Å². The van der Waals surface area contributed by atoms with Gasteiger partial charge in [0, 0.05) is 6.07 Å². The van der Waals surface area contributed by atoms with E-state index in [1.165, 1.54) is 6.07 Å². The standard InChI is InChI=1S/C14H16N2O4/c1-10-7-8-13(20-10)14(2,17)9-15-11-5-3-4-6-12(11)16(18)19/h3-8,15,17H,9H2,1-2H3. The zero-order valence-electron chi connectivity index (χ0n) is 11.3. The van der Waals surface area contributed by atoms with E-state index in [1.54, 1.807) is 44.2 Å². The van der Waals surface area contributed by atoms with Crippen LogP contribution in [0.1, 0.15) is 18.4 Å². The van der Waals surface area contributed by atoms with E-state index in [0.29, 0.717) is 17.2 Å².